The maximum absolute atomic E-state index is 12.6. The highest BCUT2D eigenvalue weighted by atomic mass is 19.4. The smallest absolute Gasteiger partial charge is 0.384 e. The predicted molar refractivity (Wildman–Crippen MR) is 71.0 cm³/mol. The summed E-state index contributed by atoms with van der Waals surface area (Å²) in [7, 11) is 0. The molecule has 110 valence electrons. The molecule has 0 radical (unpaired) electrons. The van der Waals surface area contributed by atoms with Gasteiger partial charge in [-0.2, -0.15) is 13.2 Å². The van der Waals surface area contributed by atoms with Crippen molar-refractivity contribution < 1.29 is 13.2 Å². The number of aryl methyl sites for hydroxylation is 1. The van der Waals surface area contributed by atoms with Gasteiger partial charge in [-0.25, -0.2) is 4.98 Å². The zero-order valence-electron chi connectivity index (χ0n) is 11.2. The summed E-state index contributed by atoms with van der Waals surface area (Å²) in [6, 6.07) is 3.34. The number of nitrogen functional groups attached to an aromatic ring is 1. The molecule has 0 bridgehead atoms. The maximum atomic E-state index is 12.6. The summed E-state index contributed by atoms with van der Waals surface area (Å²) in [4.78, 5) is 6.14. The predicted octanol–water partition coefficient (Wildman–Crippen LogP) is 2.45. The van der Waals surface area contributed by atoms with Crippen molar-refractivity contribution in [1.82, 2.24) is 4.98 Å². The summed E-state index contributed by atoms with van der Waals surface area (Å²) in [6.07, 6.45) is -3.96. The van der Waals surface area contributed by atoms with Gasteiger partial charge in [0.1, 0.15) is 11.7 Å². The van der Waals surface area contributed by atoms with Gasteiger partial charge in [-0.15, -0.1) is 0 Å². The Morgan fingerprint density at radius 1 is 1.35 bits per heavy atom. The quantitative estimate of drug-likeness (QED) is 0.648. The van der Waals surface area contributed by atoms with Gasteiger partial charge in [0.05, 0.1) is 5.92 Å². The van der Waals surface area contributed by atoms with Crippen LogP contribution >= 0.6 is 0 Å². The first-order valence-corrected chi connectivity index (χ1v) is 6.42. The second-order valence-corrected chi connectivity index (χ2v) is 5.07. The minimum atomic E-state index is -4.11. The van der Waals surface area contributed by atoms with Crippen molar-refractivity contribution in [3.8, 4) is 0 Å². The second-order valence-electron chi connectivity index (χ2n) is 5.07. The molecule has 0 unspecified atom stereocenters. The fourth-order valence-electron chi connectivity index (χ4n) is 2.40. The largest absolute Gasteiger partial charge is 0.391 e. The minimum Gasteiger partial charge on any atom is -0.384 e. The fraction of sp³-hybridized carbons (Fsp3) is 0.538. The normalized spacial score (nSPS) is 17.3. The highest BCUT2D eigenvalue weighted by Gasteiger charge is 2.41. The molecule has 0 aliphatic carbocycles. The molecule has 0 atom stereocenters. The second kappa shape index (κ2) is 5.30. The molecule has 1 fully saturated rings. The van der Waals surface area contributed by atoms with Crippen LogP contribution in [0.5, 0.6) is 0 Å². The molecule has 0 saturated carbocycles. The molecule has 4 nitrogen and oxygen atoms in total. The van der Waals surface area contributed by atoms with Crippen LogP contribution in [-0.2, 0) is 0 Å². The molecule has 1 aromatic heterocycles. The summed E-state index contributed by atoms with van der Waals surface area (Å²) in [5.74, 6) is -0.700. The summed E-state index contributed by atoms with van der Waals surface area (Å²) in [5, 5.41) is 7.44. The highest BCUT2D eigenvalue weighted by molar-refractivity contribution is 5.95. The lowest BCUT2D eigenvalue weighted by Crippen LogP contribution is -2.39. The van der Waals surface area contributed by atoms with Crippen molar-refractivity contribution in [2.45, 2.75) is 25.9 Å². The number of nitrogens with zero attached hydrogens (tertiary/aromatic N) is 2. The summed E-state index contributed by atoms with van der Waals surface area (Å²) in [6.45, 7) is 2.41. The zero-order valence-corrected chi connectivity index (χ0v) is 11.2. The van der Waals surface area contributed by atoms with Crippen molar-refractivity contribution in [2.75, 3.05) is 18.0 Å². The number of halogens is 3. The molecule has 7 heteroatoms. The Kier molecular flexibility index (Phi) is 3.87. The Hall–Kier alpha value is -1.79. The Balaban J connectivity index is 2.13. The van der Waals surface area contributed by atoms with Gasteiger partial charge in [0.15, 0.2) is 0 Å². The van der Waals surface area contributed by atoms with Crippen LogP contribution in [0.4, 0.5) is 19.0 Å². The van der Waals surface area contributed by atoms with Crippen LogP contribution in [-0.4, -0.2) is 30.1 Å². The van der Waals surface area contributed by atoms with Gasteiger partial charge in [0.25, 0.3) is 0 Å². The summed E-state index contributed by atoms with van der Waals surface area (Å²) < 4.78 is 37.9. The monoisotopic (exact) mass is 286 g/mol. The van der Waals surface area contributed by atoms with Crippen LogP contribution < -0.4 is 10.6 Å². The number of aromatic nitrogens is 1. The van der Waals surface area contributed by atoms with E-state index in [1.165, 1.54) is 0 Å². The number of hydrogen-bond donors (Lipinski definition) is 2. The van der Waals surface area contributed by atoms with Gasteiger partial charge in [0.2, 0.25) is 0 Å². The Morgan fingerprint density at radius 3 is 2.45 bits per heavy atom. The summed E-state index contributed by atoms with van der Waals surface area (Å²) >= 11 is 0. The van der Waals surface area contributed by atoms with E-state index in [1.807, 2.05) is 4.90 Å². The summed E-state index contributed by atoms with van der Waals surface area (Å²) in [5.41, 5.74) is 6.69. The van der Waals surface area contributed by atoms with Crippen molar-refractivity contribution in [3.63, 3.8) is 0 Å². The molecular weight excluding hydrogens is 269 g/mol. The van der Waals surface area contributed by atoms with Gasteiger partial charge in [-0.3, -0.25) is 5.41 Å². The lowest BCUT2D eigenvalue weighted by molar-refractivity contribution is -0.179. The molecule has 0 aromatic carbocycles. The Morgan fingerprint density at radius 2 is 1.95 bits per heavy atom. The van der Waals surface area contributed by atoms with Crippen molar-refractivity contribution in [1.29, 1.82) is 5.41 Å². The van der Waals surface area contributed by atoms with Gasteiger partial charge < -0.3 is 10.6 Å². The van der Waals surface area contributed by atoms with Crippen LogP contribution in [0.3, 0.4) is 0 Å². The van der Waals surface area contributed by atoms with Gasteiger partial charge in [0, 0.05) is 24.3 Å². The maximum Gasteiger partial charge on any atom is 0.391 e. The van der Waals surface area contributed by atoms with Crippen molar-refractivity contribution in [2.24, 2.45) is 11.7 Å². The topological polar surface area (TPSA) is 66.0 Å². The molecule has 1 aliphatic heterocycles. The number of pyridine rings is 1. The Labute approximate surface area is 115 Å². The van der Waals surface area contributed by atoms with Crippen LogP contribution in [0, 0.1) is 18.3 Å². The molecule has 20 heavy (non-hydrogen) atoms. The zero-order chi connectivity index (χ0) is 14.9. The van der Waals surface area contributed by atoms with Crippen LogP contribution in [0.25, 0.3) is 0 Å². The van der Waals surface area contributed by atoms with Crippen LogP contribution in [0.15, 0.2) is 12.1 Å². The van der Waals surface area contributed by atoms with E-state index in [0.717, 1.165) is 0 Å². The Bertz CT molecular complexity index is 505. The first-order valence-electron chi connectivity index (χ1n) is 6.42. The van der Waals surface area contributed by atoms with Crippen LogP contribution in [0.1, 0.15) is 24.1 Å². The first-order chi connectivity index (χ1) is 9.27. The van der Waals surface area contributed by atoms with Crippen LogP contribution in [0.2, 0.25) is 0 Å². The third-order valence-electron chi connectivity index (χ3n) is 3.53. The van der Waals surface area contributed by atoms with Gasteiger partial charge in [-0.1, -0.05) is 0 Å². The molecule has 1 aromatic rings. The van der Waals surface area contributed by atoms with E-state index in [0.29, 0.717) is 30.2 Å². The number of alkyl halides is 3. The van der Waals surface area contributed by atoms with Crippen molar-refractivity contribution in [3.05, 3.63) is 23.4 Å². The third kappa shape index (κ3) is 3.20. The van der Waals surface area contributed by atoms with E-state index < -0.39 is 12.1 Å². The van der Waals surface area contributed by atoms with E-state index in [1.54, 1.807) is 19.1 Å². The van der Waals surface area contributed by atoms with E-state index in [9.17, 15) is 13.2 Å². The molecule has 3 N–H and O–H groups in total. The lowest BCUT2D eigenvalue weighted by atomic mass is 9.96. The first kappa shape index (κ1) is 14.6. The molecule has 0 spiro atoms. The third-order valence-corrected chi connectivity index (χ3v) is 3.53. The highest BCUT2D eigenvalue weighted by Crippen LogP contribution is 2.35. The van der Waals surface area contributed by atoms with E-state index in [2.05, 4.69) is 4.98 Å². The minimum absolute atomic E-state index is 0.0677. The van der Waals surface area contributed by atoms with E-state index in [-0.39, 0.29) is 18.7 Å². The lowest BCUT2D eigenvalue weighted by Gasteiger charge is -2.33. The number of nitrogens with one attached hydrogen (secondary N) is 1. The number of amidine groups is 1. The molecule has 1 aliphatic rings. The average molecular weight is 286 g/mol. The average Bonchev–Trinajstić information content (AvgIpc) is 2.37. The molecular formula is C13H17F3N4. The van der Waals surface area contributed by atoms with Crippen molar-refractivity contribution >= 4 is 11.7 Å². The standard InChI is InChI=1S/C13H17F3N4/c1-8-6-9(12(17)18)7-11(19-8)20-4-2-10(3-5-20)13(14,15)16/h6-7,10H,2-5H2,1H3,(H3,17,18). The molecule has 1 saturated heterocycles. The van der Waals surface area contributed by atoms with Gasteiger partial charge >= 0.3 is 6.18 Å². The number of piperidine rings is 1. The fourth-order valence-corrected chi connectivity index (χ4v) is 2.40. The van der Waals surface area contributed by atoms with E-state index >= 15 is 0 Å². The van der Waals surface area contributed by atoms with Gasteiger partial charge in [-0.05, 0) is 31.9 Å². The molecule has 2 rings (SSSR count). The number of hydrogen-bond acceptors (Lipinski definition) is 3. The molecule has 2 heterocycles. The number of rotatable bonds is 2. The molecule has 0 amide bonds. The van der Waals surface area contributed by atoms with E-state index in [4.69, 9.17) is 11.1 Å². The number of nitrogens with two attached hydrogens (primary N) is 1. The SMILES string of the molecule is Cc1cc(C(=N)N)cc(N2CCC(C(F)(F)F)CC2)n1. The number of anilines is 1.